The molecule has 0 bridgehead atoms. The van der Waals surface area contributed by atoms with Crippen LogP contribution in [0.15, 0.2) is 35.0 Å². The smallest absolute Gasteiger partial charge is 0.327 e. The van der Waals surface area contributed by atoms with E-state index in [1.54, 1.807) is 6.08 Å². The minimum atomic E-state index is -0.893. The second kappa shape index (κ2) is 6.35. The third-order valence-corrected chi connectivity index (χ3v) is 2.28. The van der Waals surface area contributed by atoms with Crippen molar-refractivity contribution < 1.29 is 9.90 Å². The number of aromatic nitrogens is 1. The van der Waals surface area contributed by atoms with Gasteiger partial charge in [-0.1, -0.05) is 12.1 Å². The number of aliphatic carboxylic acids is 1. The summed E-state index contributed by atoms with van der Waals surface area (Å²) in [6.45, 7) is 0. The summed E-state index contributed by atoms with van der Waals surface area (Å²) in [5, 5.41) is 8.36. The Balaban J connectivity index is 2.29. The Bertz CT molecular complexity index is 363. The van der Waals surface area contributed by atoms with E-state index in [2.05, 4.69) is 20.9 Å². The van der Waals surface area contributed by atoms with Gasteiger partial charge in [0.25, 0.3) is 0 Å². The van der Waals surface area contributed by atoms with Crippen molar-refractivity contribution in [2.24, 2.45) is 0 Å². The topological polar surface area (TPSA) is 50.2 Å². The van der Waals surface area contributed by atoms with E-state index in [1.165, 1.54) is 6.08 Å². The minimum absolute atomic E-state index is 0.764. The molecule has 0 atom stereocenters. The number of aryl methyl sites for hydroxylation is 1. The molecule has 1 aromatic rings. The maximum Gasteiger partial charge on any atom is 0.327 e. The van der Waals surface area contributed by atoms with Crippen molar-refractivity contribution in [2.45, 2.75) is 19.3 Å². The molecule has 0 aromatic carbocycles. The van der Waals surface area contributed by atoms with Crippen LogP contribution in [-0.4, -0.2) is 16.1 Å². The average Bonchev–Trinajstić information content (AvgIpc) is 2.17. The molecule has 15 heavy (non-hydrogen) atoms. The Morgan fingerprint density at radius 1 is 1.53 bits per heavy atom. The summed E-state index contributed by atoms with van der Waals surface area (Å²) < 4.78 is 0.834. The first-order valence-electron chi connectivity index (χ1n) is 4.69. The summed E-state index contributed by atoms with van der Waals surface area (Å²) in [7, 11) is 0. The molecule has 0 unspecified atom stereocenters. The number of carboxylic acid groups (broad SMARTS) is 1. The molecule has 0 aliphatic carbocycles. The summed E-state index contributed by atoms with van der Waals surface area (Å²) in [6, 6.07) is 5.79. The number of hydrogen-bond acceptors (Lipinski definition) is 2. The van der Waals surface area contributed by atoms with Crippen LogP contribution in [0.25, 0.3) is 0 Å². The SMILES string of the molecule is O=C(O)C=CCCCc1cccc(Br)n1. The second-order valence-electron chi connectivity index (χ2n) is 3.08. The standard InChI is InChI=1S/C11H12BrNO2/c12-10-7-4-6-9(13-10)5-2-1-3-8-11(14)15/h3-4,6-8H,1-2,5H2,(H,14,15). The Morgan fingerprint density at radius 2 is 2.33 bits per heavy atom. The number of unbranched alkanes of at least 4 members (excludes halogenated alkanes) is 1. The van der Waals surface area contributed by atoms with Gasteiger partial charge in [0.1, 0.15) is 4.60 Å². The van der Waals surface area contributed by atoms with Crippen LogP contribution in [-0.2, 0) is 11.2 Å². The highest BCUT2D eigenvalue weighted by molar-refractivity contribution is 9.10. The molecule has 4 heteroatoms. The van der Waals surface area contributed by atoms with Crippen LogP contribution < -0.4 is 0 Å². The van der Waals surface area contributed by atoms with Crippen LogP contribution >= 0.6 is 15.9 Å². The van der Waals surface area contributed by atoms with Gasteiger partial charge in [0, 0.05) is 11.8 Å². The number of carboxylic acids is 1. The fourth-order valence-electron chi connectivity index (χ4n) is 1.17. The lowest BCUT2D eigenvalue weighted by atomic mass is 10.2. The van der Waals surface area contributed by atoms with Crippen LogP contribution in [0, 0.1) is 0 Å². The van der Waals surface area contributed by atoms with Gasteiger partial charge in [-0.25, -0.2) is 9.78 Å². The van der Waals surface area contributed by atoms with Gasteiger partial charge < -0.3 is 5.11 Å². The van der Waals surface area contributed by atoms with Gasteiger partial charge in [-0.3, -0.25) is 0 Å². The molecule has 0 spiro atoms. The lowest BCUT2D eigenvalue weighted by Gasteiger charge is -1.98. The summed E-state index contributed by atoms with van der Waals surface area (Å²) >= 11 is 3.30. The second-order valence-corrected chi connectivity index (χ2v) is 3.90. The Hall–Kier alpha value is -1.16. The van der Waals surface area contributed by atoms with Gasteiger partial charge in [0.2, 0.25) is 0 Å². The zero-order valence-corrected chi connectivity index (χ0v) is 9.77. The minimum Gasteiger partial charge on any atom is -0.478 e. The number of carbonyl (C=O) groups is 1. The molecule has 0 aliphatic heterocycles. The molecule has 1 N–H and O–H groups in total. The van der Waals surface area contributed by atoms with Gasteiger partial charge in [-0.2, -0.15) is 0 Å². The molecule has 1 heterocycles. The van der Waals surface area contributed by atoms with Crippen molar-refractivity contribution in [3.8, 4) is 0 Å². The molecular formula is C11H12BrNO2. The van der Waals surface area contributed by atoms with E-state index in [1.807, 2.05) is 18.2 Å². The summed E-state index contributed by atoms with van der Waals surface area (Å²) in [5.41, 5.74) is 1.02. The predicted molar refractivity (Wildman–Crippen MR) is 61.7 cm³/mol. The van der Waals surface area contributed by atoms with Crippen molar-refractivity contribution in [1.29, 1.82) is 0 Å². The monoisotopic (exact) mass is 269 g/mol. The third-order valence-electron chi connectivity index (χ3n) is 1.84. The van der Waals surface area contributed by atoms with Crippen LogP contribution in [0.3, 0.4) is 0 Å². The van der Waals surface area contributed by atoms with E-state index in [0.29, 0.717) is 0 Å². The first kappa shape index (κ1) is 11.9. The predicted octanol–water partition coefficient (Wildman–Crippen LogP) is 2.81. The highest BCUT2D eigenvalue weighted by Crippen LogP contribution is 2.08. The fourth-order valence-corrected chi connectivity index (χ4v) is 1.56. The van der Waals surface area contributed by atoms with Crippen molar-refractivity contribution in [2.75, 3.05) is 0 Å². The summed E-state index contributed by atoms with van der Waals surface area (Å²) in [6.07, 6.45) is 5.38. The molecule has 3 nitrogen and oxygen atoms in total. The van der Waals surface area contributed by atoms with E-state index < -0.39 is 5.97 Å². The van der Waals surface area contributed by atoms with Gasteiger partial charge in [-0.15, -0.1) is 0 Å². The molecule has 0 fully saturated rings. The van der Waals surface area contributed by atoms with E-state index >= 15 is 0 Å². The number of halogens is 1. The molecule has 1 aromatic heterocycles. The van der Waals surface area contributed by atoms with Crippen LogP contribution in [0.2, 0.25) is 0 Å². The van der Waals surface area contributed by atoms with Crippen molar-refractivity contribution in [3.63, 3.8) is 0 Å². The van der Waals surface area contributed by atoms with Gasteiger partial charge in [0.05, 0.1) is 0 Å². The maximum absolute atomic E-state index is 10.2. The zero-order chi connectivity index (χ0) is 11.1. The average molecular weight is 270 g/mol. The van der Waals surface area contributed by atoms with E-state index in [9.17, 15) is 4.79 Å². The summed E-state index contributed by atoms with van der Waals surface area (Å²) in [4.78, 5) is 14.5. The van der Waals surface area contributed by atoms with Crippen molar-refractivity contribution in [3.05, 3.63) is 40.6 Å². The molecule has 0 amide bonds. The number of pyridine rings is 1. The zero-order valence-electron chi connectivity index (χ0n) is 8.19. The number of nitrogens with zero attached hydrogens (tertiary/aromatic N) is 1. The number of rotatable bonds is 5. The van der Waals surface area contributed by atoms with Gasteiger partial charge >= 0.3 is 5.97 Å². The number of hydrogen-bond donors (Lipinski definition) is 1. The van der Waals surface area contributed by atoms with E-state index in [0.717, 1.165) is 29.6 Å². The third kappa shape index (κ3) is 5.32. The fraction of sp³-hybridized carbons (Fsp3) is 0.273. The molecule has 0 aliphatic rings. The Morgan fingerprint density at radius 3 is 3.00 bits per heavy atom. The largest absolute Gasteiger partial charge is 0.478 e. The van der Waals surface area contributed by atoms with E-state index in [4.69, 9.17) is 5.11 Å². The van der Waals surface area contributed by atoms with Crippen molar-refractivity contribution >= 4 is 21.9 Å². The van der Waals surface area contributed by atoms with Crippen LogP contribution in [0.4, 0.5) is 0 Å². The lowest BCUT2D eigenvalue weighted by molar-refractivity contribution is -0.131. The van der Waals surface area contributed by atoms with Crippen molar-refractivity contribution in [1.82, 2.24) is 4.98 Å². The van der Waals surface area contributed by atoms with Crippen LogP contribution in [0.5, 0.6) is 0 Å². The lowest BCUT2D eigenvalue weighted by Crippen LogP contribution is -1.90. The molecule has 0 saturated heterocycles. The molecule has 1 rings (SSSR count). The number of allylic oxidation sites excluding steroid dienone is 1. The highest BCUT2D eigenvalue weighted by Gasteiger charge is 1.94. The normalized spacial score (nSPS) is 10.7. The molecule has 0 saturated carbocycles. The molecular weight excluding hydrogens is 258 g/mol. The first-order chi connectivity index (χ1) is 7.18. The summed E-state index contributed by atoms with van der Waals surface area (Å²) in [5.74, 6) is -0.893. The molecule has 0 radical (unpaired) electrons. The first-order valence-corrected chi connectivity index (χ1v) is 5.48. The Labute approximate surface area is 97.0 Å². The van der Waals surface area contributed by atoms with Gasteiger partial charge in [0.15, 0.2) is 0 Å². The highest BCUT2D eigenvalue weighted by atomic mass is 79.9. The Kier molecular flexibility index (Phi) is 5.04. The van der Waals surface area contributed by atoms with Crippen LogP contribution in [0.1, 0.15) is 18.5 Å². The molecule has 80 valence electrons. The quantitative estimate of drug-likeness (QED) is 0.508. The van der Waals surface area contributed by atoms with E-state index in [-0.39, 0.29) is 0 Å². The van der Waals surface area contributed by atoms with Gasteiger partial charge in [-0.05, 0) is 47.3 Å². The maximum atomic E-state index is 10.2.